The monoisotopic (exact) mass is 228 g/mol. The van der Waals surface area contributed by atoms with Gasteiger partial charge in [-0.15, -0.1) is 11.8 Å². The van der Waals surface area contributed by atoms with Gasteiger partial charge in [-0.25, -0.2) is 4.68 Å². The van der Waals surface area contributed by atoms with Crippen molar-refractivity contribution in [1.29, 1.82) is 0 Å². The van der Waals surface area contributed by atoms with Crippen LogP contribution in [0.4, 0.5) is 5.82 Å². The number of thioether (sulfide) groups is 1. The first kappa shape index (κ1) is 12.4. The van der Waals surface area contributed by atoms with Gasteiger partial charge >= 0.3 is 0 Å². The number of rotatable bonds is 5. The summed E-state index contributed by atoms with van der Waals surface area (Å²) in [5.41, 5.74) is 6.00. The van der Waals surface area contributed by atoms with E-state index < -0.39 is 0 Å². The van der Waals surface area contributed by atoms with E-state index in [1.807, 2.05) is 25.0 Å². The zero-order chi connectivity index (χ0) is 11.4. The third-order valence-electron chi connectivity index (χ3n) is 1.97. The first-order valence-electron chi connectivity index (χ1n) is 5.13. The van der Waals surface area contributed by atoms with E-state index in [1.165, 1.54) is 0 Å². The molecule has 5 heteroatoms. The second-order valence-corrected chi connectivity index (χ2v) is 5.71. The Bertz CT molecular complexity index is 306. The molecule has 0 unspecified atom stereocenters. The lowest BCUT2D eigenvalue weighted by molar-refractivity contribution is 0.375. The topological polar surface area (TPSA) is 47.1 Å². The molecule has 1 rings (SSSR count). The Balaban J connectivity index is 2.63. The van der Waals surface area contributed by atoms with E-state index in [1.54, 1.807) is 11.8 Å². The highest BCUT2D eigenvalue weighted by molar-refractivity contribution is 8.00. The van der Waals surface area contributed by atoms with E-state index in [4.69, 9.17) is 5.73 Å². The number of nitrogen functional groups attached to an aromatic ring is 1. The summed E-state index contributed by atoms with van der Waals surface area (Å²) in [6.07, 6.45) is 1.86. The van der Waals surface area contributed by atoms with Crippen molar-refractivity contribution in [3.05, 3.63) is 6.20 Å². The maximum absolute atomic E-state index is 6.00. The second-order valence-electron chi connectivity index (χ2n) is 4.09. The predicted molar refractivity (Wildman–Crippen MR) is 66.2 cm³/mol. The number of nitrogens with two attached hydrogens (primary N) is 1. The molecule has 0 bridgehead atoms. The van der Waals surface area contributed by atoms with Crippen LogP contribution < -0.4 is 5.73 Å². The fourth-order valence-electron chi connectivity index (χ4n) is 1.20. The molecule has 15 heavy (non-hydrogen) atoms. The molecule has 0 spiro atoms. The molecular weight excluding hydrogens is 208 g/mol. The van der Waals surface area contributed by atoms with Crippen LogP contribution in [0.1, 0.15) is 13.8 Å². The number of hydrogen-bond acceptors (Lipinski definition) is 4. The van der Waals surface area contributed by atoms with Crippen molar-refractivity contribution in [3.63, 3.8) is 0 Å². The molecule has 1 heterocycles. The van der Waals surface area contributed by atoms with Crippen LogP contribution in [0.25, 0.3) is 0 Å². The molecule has 0 fully saturated rings. The second kappa shape index (κ2) is 5.42. The number of nitrogens with zero attached hydrogens (tertiary/aromatic N) is 3. The lowest BCUT2D eigenvalue weighted by Gasteiger charge is -2.10. The summed E-state index contributed by atoms with van der Waals surface area (Å²) in [5, 5.41) is 4.83. The molecule has 2 N–H and O–H groups in total. The van der Waals surface area contributed by atoms with E-state index in [9.17, 15) is 0 Å². The Kier molecular flexibility index (Phi) is 4.47. The zero-order valence-electron chi connectivity index (χ0n) is 9.90. The number of anilines is 1. The van der Waals surface area contributed by atoms with E-state index >= 15 is 0 Å². The largest absolute Gasteiger partial charge is 0.383 e. The Hall–Kier alpha value is -0.680. The van der Waals surface area contributed by atoms with Gasteiger partial charge in [0.1, 0.15) is 5.82 Å². The van der Waals surface area contributed by atoms with E-state index in [0.717, 1.165) is 23.8 Å². The third-order valence-corrected chi connectivity index (χ3v) is 3.01. The Morgan fingerprint density at radius 3 is 2.73 bits per heavy atom. The molecule has 0 radical (unpaired) electrons. The van der Waals surface area contributed by atoms with E-state index in [0.29, 0.717) is 5.25 Å². The first-order chi connectivity index (χ1) is 7.00. The average Bonchev–Trinajstić information content (AvgIpc) is 2.44. The molecule has 0 saturated carbocycles. The smallest absolute Gasteiger partial charge is 0.135 e. The number of hydrogen-bond donors (Lipinski definition) is 1. The number of likely N-dealkylation sites (N-methyl/N-ethyl adjacent to an activating group) is 1. The van der Waals surface area contributed by atoms with Gasteiger partial charge in [0.15, 0.2) is 0 Å². The van der Waals surface area contributed by atoms with Crippen LogP contribution in [-0.4, -0.2) is 40.6 Å². The Labute approximate surface area is 95.8 Å². The average molecular weight is 228 g/mol. The van der Waals surface area contributed by atoms with Crippen LogP contribution in [0.2, 0.25) is 0 Å². The van der Waals surface area contributed by atoms with Crippen molar-refractivity contribution in [2.24, 2.45) is 0 Å². The van der Waals surface area contributed by atoms with Gasteiger partial charge in [0.05, 0.1) is 17.6 Å². The van der Waals surface area contributed by atoms with Crippen LogP contribution in [0.15, 0.2) is 11.1 Å². The Morgan fingerprint density at radius 1 is 1.53 bits per heavy atom. The van der Waals surface area contributed by atoms with Gasteiger partial charge in [0.25, 0.3) is 0 Å². The van der Waals surface area contributed by atoms with Gasteiger partial charge in [0.2, 0.25) is 0 Å². The van der Waals surface area contributed by atoms with Gasteiger partial charge in [0, 0.05) is 11.8 Å². The van der Waals surface area contributed by atoms with Crippen molar-refractivity contribution in [2.75, 3.05) is 26.4 Å². The van der Waals surface area contributed by atoms with E-state index in [2.05, 4.69) is 23.8 Å². The van der Waals surface area contributed by atoms with Crippen molar-refractivity contribution in [3.8, 4) is 0 Å². The molecule has 0 aliphatic rings. The van der Waals surface area contributed by atoms with Gasteiger partial charge < -0.3 is 10.6 Å². The van der Waals surface area contributed by atoms with Crippen molar-refractivity contribution >= 4 is 17.6 Å². The van der Waals surface area contributed by atoms with Crippen LogP contribution in [0.3, 0.4) is 0 Å². The van der Waals surface area contributed by atoms with Crippen LogP contribution >= 0.6 is 11.8 Å². The standard InChI is InChI=1S/C10H20N4S/c1-8(2)15-9-7-12-14(10(9)11)6-5-13(3)4/h7-8H,5-6,11H2,1-4H3. The lowest BCUT2D eigenvalue weighted by atomic mass is 10.5. The van der Waals surface area contributed by atoms with Gasteiger partial charge in [-0.1, -0.05) is 13.8 Å². The molecule has 4 nitrogen and oxygen atoms in total. The summed E-state index contributed by atoms with van der Waals surface area (Å²) in [5.74, 6) is 0.788. The highest BCUT2D eigenvalue weighted by Crippen LogP contribution is 2.27. The fraction of sp³-hybridized carbons (Fsp3) is 0.700. The van der Waals surface area contributed by atoms with Crippen molar-refractivity contribution in [2.45, 2.75) is 30.5 Å². The zero-order valence-corrected chi connectivity index (χ0v) is 10.7. The van der Waals surface area contributed by atoms with Gasteiger partial charge in [-0.05, 0) is 14.1 Å². The minimum absolute atomic E-state index is 0.541. The first-order valence-corrected chi connectivity index (χ1v) is 6.01. The summed E-state index contributed by atoms with van der Waals surface area (Å²) in [6, 6.07) is 0. The molecule has 0 saturated heterocycles. The summed E-state index contributed by atoms with van der Waals surface area (Å²) in [7, 11) is 4.09. The predicted octanol–water partition coefficient (Wildman–Crippen LogP) is 1.53. The molecule has 0 amide bonds. The molecule has 1 aromatic heterocycles. The highest BCUT2D eigenvalue weighted by atomic mass is 32.2. The summed E-state index contributed by atoms with van der Waals surface area (Å²) in [4.78, 5) is 3.21. The van der Waals surface area contributed by atoms with Crippen LogP contribution in [-0.2, 0) is 6.54 Å². The fourth-order valence-corrected chi connectivity index (χ4v) is 2.04. The molecule has 0 aliphatic carbocycles. The summed E-state index contributed by atoms with van der Waals surface area (Å²) in [6.45, 7) is 6.11. The maximum Gasteiger partial charge on any atom is 0.135 e. The Morgan fingerprint density at radius 2 is 2.20 bits per heavy atom. The number of aromatic nitrogens is 2. The molecule has 0 aromatic carbocycles. The van der Waals surface area contributed by atoms with E-state index in [-0.39, 0.29) is 0 Å². The molecule has 86 valence electrons. The quantitative estimate of drug-likeness (QED) is 0.776. The van der Waals surface area contributed by atoms with Gasteiger partial charge in [-0.3, -0.25) is 0 Å². The third kappa shape index (κ3) is 3.76. The van der Waals surface area contributed by atoms with Crippen LogP contribution in [0, 0.1) is 0 Å². The van der Waals surface area contributed by atoms with Crippen LogP contribution in [0.5, 0.6) is 0 Å². The van der Waals surface area contributed by atoms with Crippen molar-refractivity contribution < 1.29 is 0 Å². The normalized spacial score (nSPS) is 11.6. The molecule has 0 atom stereocenters. The lowest BCUT2D eigenvalue weighted by Crippen LogP contribution is -2.19. The minimum atomic E-state index is 0.541. The minimum Gasteiger partial charge on any atom is -0.383 e. The maximum atomic E-state index is 6.00. The highest BCUT2D eigenvalue weighted by Gasteiger charge is 2.09. The molecular formula is C10H20N4S. The molecule has 1 aromatic rings. The van der Waals surface area contributed by atoms with Gasteiger partial charge in [-0.2, -0.15) is 5.10 Å². The molecule has 0 aliphatic heterocycles. The summed E-state index contributed by atoms with van der Waals surface area (Å²) < 4.78 is 1.87. The van der Waals surface area contributed by atoms with Crippen molar-refractivity contribution in [1.82, 2.24) is 14.7 Å². The summed E-state index contributed by atoms with van der Waals surface area (Å²) >= 11 is 1.76. The SMILES string of the molecule is CC(C)Sc1cnn(CCN(C)C)c1N.